The van der Waals surface area contributed by atoms with Gasteiger partial charge in [-0.3, -0.25) is 4.18 Å². The van der Waals surface area contributed by atoms with E-state index in [9.17, 15) is 8.42 Å². The topological polar surface area (TPSA) is 95.9 Å². The van der Waals surface area contributed by atoms with Crippen LogP contribution in [0.5, 0.6) is 0 Å². The molecule has 8 heteroatoms. The summed E-state index contributed by atoms with van der Waals surface area (Å²) >= 11 is 0. The molecule has 0 aliphatic carbocycles. The zero-order valence-electron chi connectivity index (χ0n) is 8.02. The van der Waals surface area contributed by atoms with Gasteiger partial charge in [0.2, 0.25) is 0 Å². The van der Waals surface area contributed by atoms with Crippen molar-refractivity contribution in [2.45, 2.75) is 13.2 Å². The molecule has 70 valence electrons. The maximum absolute atomic E-state index is 10.6. The minimum atomic E-state index is -3.80. The Morgan fingerprint density at radius 2 is 2.08 bits per heavy atom. The van der Waals surface area contributed by atoms with Gasteiger partial charge in [0.25, 0.3) is 0 Å². The van der Waals surface area contributed by atoms with Crippen molar-refractivity contribution in [2.75, 3.05) is 13.2 Å². The van der Waals surface area contributed by atoms with Crippen LogP contribution < -0.4 is 34.3 Å². The number of nitrogens with one attached hydrogen (secondary N) is 1. The van der Waals surface area contributed by atoms with Gasteiger partial charge >= 0.3 is 39.9 Å². The van der Waals surface area contributed by atoms with Crippen LogP contribution in [0.15, 0.2) is 0 Å². The second-order valence-electron chi connectivity index (χ2n) is 1.69. The molecule has 0 aromatic heterocycles. The largest absolute Gasteiger partial charge is 1.00 e. The van der Waals surface area contributed by atoms with E-state index < -0.39 is 23.1 Å². The van der Waals surface area contributed by atoms with E-state index >= 15 is 0 Å². The van der Waals surface area contributed by atoms with Gasteiger partial charge in [-0.25, -0.2) is 0 Å². The SMILES string of the molecule is CCOS(=O)(=O)NCC(O)O.[H-].[Na+]. The summed E-state index contributed by atoms with van der Waals surface area (Å²) in [4.78, 5) is 0. The first kappa shape index (κ1) is 15.3. The number of aliphatic hydroxyl groups is 2. The molecule has 12 heavy (non-hydrogen) atoms. The number of hydrogen-bond acceptors (Lipinski definition) is 5. The second kappa shape index (κ2) is 7.22. The molecule has 0 saturated carbocycles. The summed E-state index contributed by atoms with van der Waals surface area (Å²) < 4.78 is 27.2. The van der Waals surface area contributed by atoms with Crippen LogP contribution in [0, 0.1) is 0 Å². The Morgan fingerprint density at radius 3 is 2.42 bits per heavy atom. The minimum Gasteiger partial charge on any atom is -1.00 e. The second-order valence-corrected chi connectivity index (χ2v) is 3.12. The predicted octanol–water partition coefficient (Wildman–Crippen LogP) is -4.72. The van der Waals surface area contributed by atoms with Crippen molar-refractivity contribution in [3.8, 4) is 0 Å². The van der Waals surface area contributed by atoms with Crippen molar-refractivity contribution in [1.29, 1.82) is 0 Å². The zero-order chi connectivity index (χ0) is 8.91. The Labute approximate surface area is 95.0 Å². The Kier molecular flexibility index (Phi) is 9.19. The molecular formula is C4H12NNaO5S. The van der Waals surface area contributed by atoms with Crippen LogP contribution in [0.2, 0.25) is 0 Å². The molecule has 3 N–H and O–H groups in total. The summed E-state index contributed by atoms with van der Waals surface area (Å²) in [6.45, 7) is 1.05. The standard InChI is InChI=1S/C4H11NO5S.Na.H/c1-2-10-11(8,9)5-3-4(6)7;;/h4-7H,2-3H2,1H3;;/q;+1;-1. The predicted molar refractivity (Wildman–Crippen MR) is 37.9 cm³/mol. The van der Waals surface area contributed by atoms with Gasteiger partial charge in [0.05, 0.1) is 13.2 Å². The Balaban J connectivity index is -0.000000500. The van der Waals surface area contributed by atoms with Crippen LogP contribution in [-0.2, 0) is 14.5 Å². The monoisotopic (exact) mass is 209 g/mol. The summed E-state index contributed by atoms with van der Waals surface area (Å²) in [7, 11) is -3.80. The number of hydrogen-bond donors (Lipinski definition) is 3. The summed E-state index contributed by atoms with van der Waals surface area (Å²) in [6.07, 6.45) is -1.70. The van der Waals surface area contributed by atoms with Crippen molar-refractivity contribution in [2.24, 2.45) is 0 Å². The van der Waals surface area contributed by atoms with Crippen LogP contribution in [0.25, 0.3) is 0 Å². The van der Waals surface area contributed by atoms with Crippen molar-refractivity contribution in [3.05, 3.63) is 0 Å². The number of aliphatic hydroxyl groups excluding tert-OH is 1. The van der Waals surface area contributed by atoms with Gasteiger partial charge in [-0.1, -0.05) is 0 Å². The fourth-order valence-electron chi connectivity index (χ4n) is 0.373. The average Bonchev–Trinajstić information content (AvgIpc) is 1.84. The van der Waals surface area contributed by atoms with E-state index in [1.807, 2.05) is 4.72 Å². The summed E-state index contributed by atoms with van der Waals surface area (Å²) in [6, 6.07) is 0. The van der Waals surface area contributed by atoms with E-state index in [2.05, 4.69) is 4.18 Å². The first-order valence-electron chi connectivity index (χ1n) is 2.98. The first-order valence-corrected chi connectivity index (χ1v) is 4.39. The quantitative estimate of drug-likeness (QED) is 0.312. The van der Waals surface area contributed by atoms with Crippen molar-refractivity contribution < 1.29 is 53.8 Å². The van der Waals surface area contributed by atoms with E-state index in [-0.39, 0.29) is 37.6 Å². The van der Waals surface area contributed by atoms with Crippen molar-refractivity contribution >= 4 is 10.3 Å². The van der Waals surface area contributed by atoms with Crippen LogP contribution in [0.3, 0.4) is 0 Å². The van der Waals surface area contributed by atoms with Crippen LogP contribution >= 0.6 is 0 Å². The average molecular weight is 209 g/mol. The molecule has 0 fully saturated rings. The van der Waals surface area contributed by atoms with Gasteiger partial charge in [-0.05, 0) is 6.92 Å². The third-order valence-corrected chi connectivity index (χ3v) is 1.78. The summed E-state index contributed by atoms with van der Waals surface area (Å²) in [5.74, 6) is 0. The number of rotatable bonds is 5. The van der Waals surface area contributed by atoms with Crippen molar-refractivity contribution in [1.82, 2.24) is 4.72 Å². The third kappa shape index (κ3) is 8.88. The molecule has 0 amide bonds. The molecule has 0 spiro atoms. The molecule has 6 nitrogen and oxygen atoms in total. The smallest absolute Gasteiger partial charge is 1.00 e. The van der Waals surface area contributed by atoms with Gasteiger partial charge < -0.3 is 11.6 Å². The molecular weight excluding hydrogens is 197 g/mol. The van der Waals surface area contributed by atoms with Crippen LogP contribution in [0.1, 0.15) is 8.35 Å². The minimum absolute atomic E-state index is 0. The van der Waals surface area contributed by atoms with E-state index in [1.165, 1.54) is 6.92 Å². The molecule has 0 rings (SSSR count). The maximum Gasteiger partial charge on any atom is 1.00 e. The van der Waals surface area contributed by atoms with E-state index in [0.717, 1.165) is 0 Å². The summed E-state index contributed by atoms with van der Waals surface area (Å²) in [5, 5.41) is 16.5. The maximum atomic E-state index is 10.6. The van der Waals surface area contributed by atoms with Crippen LogP contribution in [-0.4, -0.2) is 38.1 Å². The fraction of sp³-hybridized carbons (Fsp3) is 1.00. The van der Waals surface area contributed by atoms with E-state index in [4.69, 9.17) is 10.2 Å². The molecule has 0 unspecified atom stereocenters. The first-order chi connectivity index (χ1) is 4.98. The molecule has 0 aliphatic heterocycles. The Bertz CT molecular complexity index is 197. The van der Waals surface area contributed by atoms with E-state index in [1.54, 1.807) is 0 Å². The van der Waals surface area contributed by atoms with Crippen molar-refractivity contribution in [3.63, 3.8) is 0 Å². The molecule has 0 aromatic carbocycles. The zero-order valence-corrected chi connectivity index (χ0v) is 9.84. The molecule has 0 aromatic rings. The van der Waals surface area contributed by atoms with Gasteiger partial charge in [-0.15, -0.1) is 0 Å². The Morgan fingerprint density at radius 1 is 1.58 bits per heavy atom. The molecule has 0 heterocycles. The molecule has 0 radical (unpaired) electrons. The summed E-state index contributed by atoms with van der Waals surface area (Å²) in [5.41, 5.74) is 0. The van der Waals surface area contributed by atoms with Gasteiger partial charge in [0, 0.05) is 0 Å². The fourth-order valence-corrected chi connectivity index (χ4v) is 1.12. The third-order valence-electron chi connectivity index (χ3n) is 0.716. The van der Waals surface area contributed by atoms with E-state index in [0.29, 0.717) is 0 Å². The van der Waals surface area contributed by atoms with Gasteiger partial charge in [0.15, 0.2) is 6.29 Å². The van der Waals surface area contributed by atoms with Gasteiger partial charge in [-0.2, -0.15) is 13.1 Å². The Hall–Kier alpha value is 0.790. The molecule has 0 saturated heterocycles. The van der Waals surface area contributed by atoms with Crippen LogP contribution in [0.4, 0.5) is 0 Å². The molecule has 0 aliphatic rings. The molecule has 0 atom stereocenters. The molecule has 0 bridgehead atoms. The van der Waals surface area contributed by atoms with Gasteiger partial charge in [0.1, 0.15) is 0 Å². The normalized spacial score (nSPS) is 11.3.